The highest BCUT2D eigenvalue weighted by Gasteiger charge is 2.04. The lowest BCUT2D eigenvalue weighted by atomic mass is 10.1. The topological polar surface area (TPSA) is 39.1 Å². The molecule has 1 aromatic carbocycles. The molecule has 0 aliphatic heterocycles. The molecule has 1 rings (SSSR count). The molecule has 0 saturated heterocycles. The Morgan fingerprint density at radius 1 is 1.41 bits per heavy atom. The summed E-state index contributed by atoms with van der Waals surface area (Å²) < 4.78 is 13.2. The maximum absolute atomic E-state index is 13.2. The number of hydrogen-bond acceptors (Lipinski definition) is 3. The summed E-state index contributed by atoms with van der Waals surface area (Å²) in [6.45, 7) is 3.56. The molecule has 0 radical (unpaired) electrons. The highest BCUT2D eigenvalue weighted by atomic mass is 19.1. The van der Waals surface area contributed by atoms with Crippen molar-refractivity contribution in [2.24, 2.45) is 0 Å². The molecule has 0 fully saturated rings. The third-order valence-electron chi connectivity index (χ3n) is 2.38. The van der Waals surface area contributed by atoms with Crippen LogP contribution in [0.15, 0.2) is 18.2 Å². The first-order valence-electron chi connectivity index (χ1n) is 5.59. The zero-order chi connectivity index (χ0) is 12.8. The number of rotatable bonds is 5. The summed E-state index contributed by atoms with van der Waals surface area (Å²) in [6, 6.07) is 6.67. The molecule has 1 atom stereocenters. The molecule has 4 heteroatoms. The minimum absolute atomic E-state index is 0.318. The first-order chi connectivity index (χ1) is 8.01. The number of nitrogens with one attached hydrogen (secondary N) is 1. The fourth-order valence-corrected chi connectivity index (χ4v) is 1.72. The van der Waals surface area contributed by atoms with Crippen molar-refractivity contribution in [2.75, 3.05) is 20.6 Å². The van der Waals surface area contributed by atoms with E-state index in [1.165, 1.54) is 12.1 Å². The fourth-order valence-electron chi connectivity index (χ4n) is 1.72. The first-order valence-corrected chi connectivity index (χ1v) is 5.59. The molecule has 3 nitrogen and oxygen atoms in total. The van der Waals surface area contributed by atoms with Crippen molar-refractivity contribution in [1.29, 1.82) is 5.26 Å². The van der Waals surface area contributed by atoms with Gasteiger partial charge in [0.1, 0.15) is 5.82 Å². The van der Waals surface area contributed by atoms with Gasteiger partial charge in [-0.1, -0.05) is 0 Å². The number of nitriles is 1. The lowest BCUT2D eigenvalue weighted by molar-refractivity contribution is 0.349. The van der Waals surface area contributed by atoms with Gasteiger partial charge in [-0.2, -0.15) is 5.26 Å². The molecule has 0 heterocycles. The highest BCUT2D eigenvalue weighted by molar-refractivity contribution is 5.33. The Labute approximate surface area is 102 Å². The molecule has 0 bridgehead atoms. The second-order valence-electron chi connectivity index (χ2n) is 4.50. The van der Waals surface area contributed by atoms with E-state index in [1.807, 2.05) is 20.2 Å². The van der Waals surface area contributed by atoms with Gasteiger partial charge >= 0.3 is 0 Å². The van der Waals surface area contributed by atoms with Crippen molar-refractivity contribution in [2.45, 2.75) is 19.5 Å². The van der Waals surface area contributed by atoms with Crippen LogP contribution in [0, 0.1) is 17.1 Å². The normalized spacial score (nSPS) is 12.5. The van der Waals surface area contributed by atoms with Crippen molar-refractivity contribution >= 4 is 0 Å². The lowest BCUT2D eigenvalue weighted by Gasteiger charge is -2.18. The van der Waals surface area contributed by atoms with Crippen LogP contribution in [0.2, 0.25) is 0 Å². The van der Waals surface area contributed by atoms with Gasteiger partial charge in [0.2, 0.25) is 0 Å². The van der Waals surface area contributed by atoms with E-state index in [4.69, 9.17) is 5.26 Å². The molecular weight excluding hydrogens is 217 g/mol. The van der Waals surface area contributed by atoms with Crippen LogP contribution in [0.1, 0.15) is 18.1 Å². The minimum atomic E-state index is -0.360. The Kier molecular flexibility index (Phi) is 5.08. The second kappa shape index (κ2) is 6.33. The van der Waals surface area contributed by atoms with Gasteiger partial charge in [-0.25, -0.2) is 4.39 Å². The van der Waals surface area contributed by atoms with E-state index >= 15 is 0 Å². The van der Waals surface area contributed by atoms with Crippen molar-refractivity contribution in [3.8, 4) is 6.07 Å². The minimum Gasteiger partial charge on any atom is -0.309 e. The number of halogens is 1. The lowest BCUT2D eigenvalue weighted by Crippen LogP contribution is -2.35. The smallest absolute Gasteiger partial charge is 0.124 e. The number of likely N-dealkylation sites (N-methyl/N-ethyl adjacent to an activating group) is 1. The predicted molar refractivity (Wildman–Crippen MR) is 66.0 cm³/mol. The second-order valence-corrected chi connectivity index (χ2v) is 4.50. The van der Waals surface area contributed by atoms with E-state index in [9.17, 15) is 4.39 Å². The van der Waals surface area contributed by atoms with Crippen molar-refractivity contribution in [1.82, 2.24) is 10.2 Å². The van der Waals surface area contributed by atoms with Crippen LogP contribution in [0.4, 0.5) is 4.39 Å². The third-order valence-corrected chi connectivity index (χ3v) is 2.38. The Morgan fingerprint density at radius 3 is 2.71 bits per heavy atom. The van der Waals surface area contributed by atoms with Crippen molar-refractivity contribution in [3.63, 3.8) is 0 Å². The largest absolute Gasteiger partial charge is 0.309 e. The van der Waals surface area contributed by atoms with Crippen LogP contribution in [0.25, 0.3) is 0 Å². The maximum Gasteiger partial charge on any atom is 0.124 e. The Balaban J connectivity index is 2.57. The van der Waals surface area contributed by atoms with Crippen LogP contribution in [-0.4, -0.2) is 31.6 Å². The van der Waals surface area contributed by atoms with E-state index in [-0.39, 0.29) is 5.82 Å². The molecular formula is C13H18FN3. The Bertz CT molecular complexity index is 410. The van der Waals surface area contributed by atoms with Gasteiger partial charge in [0, 0.05) is 19.1 Å². The van der Waals surface area contributed by atoms with Crippen LogP contribution in [-0.2, 0) is 6.54 Å². The third kappa shape index (κ3) is 4.94. The van der Waals surface area contributed by atoms with E-state index in [1.54, 1.807) is 6.07 Å². The first kappa shape index (κ1) is 13.6. The zero-order valence-electron chi connectivity index (χ0n) is 10.5. The predicted octanol–water partition coefficient (Wildman–Crippen LogP) is 1.74. The van der Waals surface area contributed by atoms with Gasteiger partial charge in [0.15, 0.2) is 0 Å². The maximum atomic E-state index is 13.2. The summed E-state index contributed by atoms with van der Waals surface area (Å²) in [5, 5.41) is 12.0. The number of nitrogens with zero attached hydrogens (tertiary/aromatic N) is 2. The fraction of sp³-hybridized carbons (Fsp3) is 0.462. The Morgan fingerprint density at radius 2 is 2.12 bits per heavy atom. The molecule has 0 amide bonds. The molecule has 1 N–H and O–H groups in total. The van der Waals surface area contributed by atoms with Gasteiger partial charge in [-0.3, -0.25) is 0 Å². The molecule has 92 valence electrons. The summed E-state index contributed by atoms with van der Waals surface area (Å²) in [4.78, 5) is 2.09. The summed E-state index contributed by atoms with van der Waals surface area (Å²) in [5.41, 5.74) is 1.16. The van der Waals surface area contributed by atoms with E-state index in [0.717, 1.165) is 12.1 Å². The molecule has 17 heavy (non-hydrogen) atoms. The van der Waals surface area contributed by atoms with Gasteiger partial charge < -0.3 is 10.2 Å². The highest BCUT2D eigenvalue weighted by Crippen LogP contribution is 2.08. The van der Waals surface area contributed by atoms with Gasteiger partial charge in [-0.05, 0) is 44.8 Å². The van der Waals surface area contributed by atoms with Gasteiger partial charge in [0.25, 0.3) is 0 Å². The molecule has 0 aromatic heterocycles. The average molecular weight is 235 g/mol. The molecule has 1 aromatic rings. The van der Waals surface area contributed by atoms with E-state index < -0.39 is 0 Å². The summed E-state index contributed by atoms with van der Waals surface area (Å²) in [5.74, 6) is -0.360. The molecule has 0 spiro atoms. The number of benzene rings is 1. The quantitative estimate of drug-likeness (QED) is 0.845. The van der Waals surface area contributed by atoms with Crippen LogP contribution >= 0.6 is 0 Å². The van der Waals surface area contributed by atoms with E-state index in [2.05, 4.69) is 17.1 Å². The van der Waals surface area contributed by atoms with Crippen molar-refractivity contribution in [3.05, 3.63) is 35.1 Å². The van der Waals surface area contributed by atoms with Crippen LogP contribution < -0.4 is 5.32 Å². The summed E-state index contributed by atoms with van der Waals surface area (Å²) in [7, 11) is 4.02. The SMILES string of the molecule is CC(CN(C)C)NCc1cc(F)cc(C#N)c1. The standard InChI is InChI=1S/C13H18FN3/c1-10(9-17(2)3)16-8-12-4-11(7-15)5-13(14)6-12/h4-6,10,16H,8-9H2,1-3H3. The number of hydrogen-bond donors (Lipinski definition) is 1. The van der Waals surface area contributed by atoms with Gasteiger partial charge in [-0.15, -0.1) is 0 Å². The van der Waals surface area contributed by atoms with E-state index in [0.29, 0.717) is 18.2 Å². The monoisotopic (exact) mass is 235 g/mol. The van der Waals surface area contributed by atoms with Crippen LogP contribution in [0.5, 0.6) is 0 Å². The van der Waals surface area contributed by atoms with Gasteiger partial charge in [0.05, 0.1) is 11.6 Å². The van der Waals surface area contributed by atoms with Crippen LogP contribution in [0.3, 0.4) is 0 Å². The average Bonchev–Trinajstić information content (AvgIpc) is 2.24. The Hall–Kier alpha value is -1.44. The van der Waals surface area contributed by atoms with Crippen molar-refractivity contribution < 1.29 is 4.39 Å². The molecule has 0 aliphatic carbocycles. The summed E-state index contributed by atoms with van der Waals surface area (Å²) >= 11 is 0. The molecule has 0 aliphatic rings. The zero-order valence-corrected chi connectivity index (χ0v) is 10.5. The molecule has 0 saturated carbocycles. The molecule has 1 unspecified atom stereocenters. The summed E-state index contributed by atoms with van der Waals surface area (Å²) in [6.07, 6.45) is 0.